The van der Waals surface area contributed by atoms with Gasteiger partial charge in [0.2, 0.25) is 0 Å². The van der Waals surface area contributed by atoms with Gasteiger partial charge in [-0.1, -0.05) is 26.8 Å². The van der Waals surface area contributed by atoms with Crippen LogP contribution in [0.2, 0.25) is 0 Å². The second kappa shape index (κ2) is 3.84. The smallest absolute Gasteiger partial charge is 0.126 e. The SMILES string of the molecule is CC(C)(C)Nc1ccc(C(C)(C)C)cn1. The van der Waals surface area contributed by atoms with Gasteiger partial charge in [-0.25, -0.2) is 4.98 Å². The average molecular weight is 206 g/mol. The highest BCUT2D eigenvalue weighted by atomic mass is 15.0. The molecule has 84 valence electrons. The number of hydrogen-bond acceptors (Lipinski definition) is 2. The van der Waals surface area contributed by atoms with Crippen molar-refractivity contribution < 1.29 is 0 Å². The van der Waals surface area contributed by atoms with Crippen LogP contribution in [0.3, 0.4) is 0 Å². The van der Waals surface area contributed by atoms with Gasteiger partial charge in [0.1, 0.15) is 5.82 Å². The molecule has 15 heavy (non-hydrogen) atoms. The molecule has 2 nitrogen and oxygen atoms in total. The fraction of sp³-hybridized carbons (Fsp3) is 0.615. The Kier molecular flexibility index (Phi) is 3.08. The Morgan fingerprint density at radius 2 is 1.60 bits per heavy atom. The normalized spacial score (nSPS) is 12.7. The Bertz CT molecular complexity index is 312. The Hall–Kier alpha value is -1.05. The van der Waals surface area contributed by atoms with Gasteiger partial charge in [-0.2, -0.15) is 0 Å². The van der Waals surface area contributed by atoms with Crippen molar-refractivity contribution in [1.29, 1.82) is 0 Å². The van der Waals surface area contributed by atoms with Crippen molar-refractivity contribution in [2.24, 2.45) is 0 Å². The van der Waals surface area contributed by atoms with Crippen molar-refractivity contribution in [2.75, 3.05) is 5.32 Å². The lowest BCUT2D eigenvalue weighted by Gasteiger charge is -2.23. The molecule has 1 aromatic heterocycles. The van der Waals surface area contributed by atoms with E-state index in [0.717, 1.165) is 5.82 Å². The molecule has 0 unspecified atom stereocenters. The van der Waals surface area contributed by atoms with Gasteiger partial charge in [0.05, 0.1) is 0 Å². The lowest BCUT2D eigenvalue weighted by Crippen LogP contribution is -2.26. The van der Waals surface area contributed by atoms with Crippen LogP contribution < -0.4 is 5.32 Å². The molecule has 0 radical (unpaired) electrons. The van der Waals surface area contributed by atoms with E-state index in [-0.39, 0.29) is 11.0 Å². The van der Waals surface area contributed by atoms with Crippen molar-refractivity contribution in [1.82, 2.24) is 4.98 Å². The molecule has 1 heterocycles. The van der Waals surface area contributed by atoms with E-state index in [1.807, 2.05) is 12.3 Å². The van der Waals surface area contributed by atoms with E-state index in [0.29, 0.717) is 0 Å². The van der Waals surface area contributed by atoms with Gasteiger partial charge < -0.3 is 5.32 Å². The van der Waals surface area contributed by atoms with Crippen molar-refractivity contribution in [3.63, 3.8) is 0 Å². The number of nitrogens with zero attached hydrogens (tertiary/aromatic N) is 1. The highest BCUT2D eigenvalue weighted by Gasteiger charge is 2.15. The van der Waals surface area contributed by atoms with Crippen molar-refractivity contribution in [2.45, 2.75) is 52.5 Å². The van der Waals surface area contributed by atoms with Gasteiger partial charge in [-0.3, -0.25) is 0 Å². The zero-order valence-corrected chi connectivity index (χ0v) is 10.7. The number of rotatable bonds is 1. The standard InChI is InChI=1S/C13H22N2/c1-12(2,3)10-7-8-11(14-9-10)15-13(4,5)6/h7-9H,1-6H3,(H,14,15). The van der Waals surface area contributed by atoms with Crippen LogP contribution in [0, 0.1) is 0 Å². The molecular weight excluding hydrogens is 184 g/mol. The van der Waals surface area contributed by atoms with Gasteiger partial charge in [-0.05, 0) is 37.8 Å². The van der Waals surface area contributed by atoms with E-state index in [4.69, 9.17) is 0 Å². The van der Waals surface area contributed by atoms with Crippen LogP contribution in [0.5, 0.6) is 0 Å². The number of aromatic nitrogens is 1. The first-order chi connectivity index (χ1) is 6.68. The van der Waals surface area contributed by atoms with Gasteiger partial charge in [0.15, 0.2) is 0 Å². The molecule has 1 rings (SSSR count). The fourth-order valence-electron chi connectivity index (χ4n) is 1.30. The summed E-state index contributed by atoms with van der Waals surface area (Å²) < 4.78 is 0. The molecular formula is C13H22N2. The summed E-state index contributed by atoms with van der Waals surface area (Å²) in [5.74, 6) is 0.940. The van der Waals surface area contributed by atoms with Gasteiger partial charge in [0.25, 0.3) is 0 Å². The summed E-state index contributed by atoms with van der Waals surface area (Å²) in [6, 6.07) is 4.19. The second-order valence-electron chi connectivity index (χ2n) is 6.06. The number of pyridine rings is 1. The summed E-state index contributed by atoms with van der Waals surface area (Å²) in [5.41, 5.74) is 1.51. The topological polar surface area (TPSA) is 24.9 Å². The summed E-state index contributed by atoms with van der Waals surface area (Å²) in [4.78, 5) is 4.42. The van der Waals surface area contributed by atoms with Gasteiger partial charge >= 0.3 is 0 Å². The Labute approximate surface area is 93.1 Å². The second-order valence-corrected chi connectivity index (χ2v) is 6.06. The summed E-state index contributed by atoms with van der Waals surface area (Å²) in [6.07, 6.45) is 1.95. The number of anilines is 1. The average Bonchev–Trinajstić information content (AvgIpc) is 2.00. The van der Waals surface area contributed by atoms with E-state index >= 15 is 0 Å². The molecule has 0 amide bonds. The Morgan fingerprint density at radius 1 is 1.00 bits per heavy atom. The molecule has 0 aliphatic carbocycles. The largest absolute Gasteiger partial charge is 0.365 e. The third-order valence-corrected chi connectivity index (χ3v) is 2.13. The molecule has 0 saturated heterocycles. The third-order valence-electron chi connectivity index (χ3n) is 2.13. The lowest BCUT2D eigenvalue weighted by atomic mass is 9.88. The zero-order valence-electron chi connectivity index (χ0n) is 10.7. The van der Waals surface area contributed by atoms with E-state index in [9.17, 15) is 0 Å². The molecule has 0 fully saturated rings. The van der Waals surface area contributed by atoms with Crippen LogP contribution >= 0.6 is 0 Å². The number of nitrogens with one attached hydrogen (secondary N) is 1. The van der Waals surface area contributed by atoms with Crippen LogP contribution in [0.1, 0.15) is 47.1 Å². The number of hydrogen-bond donors (Lipinski definition) is 1. The third kappa shape index (κ3) is 3.90. The molecule has 0 aliphatic heterocycles. The van der Waals surface area contributed by atoms with Gasteiger partial charge in [-0.15, -0.1) is 0 Å². The summed E-state index contributed by atoms with van der Waals surface area (Å²) in [5, 5.41) is 3.35. The first-order valence-electron chi connectivity index (χ1n) is 5.43. The minimum Gasteiger partial charge on any atom is -0.365 e. The first-order valence-corrected chi connectivity index (χ1v) is 5.43. The highest BCUT2D eigenvalue weighted by Crippen LogP contribution is 2.22. The summed E-state index contributed by atoms with van der Waals surface area (Å²) in [7, 11) is 0. The van der Waals surface area contributed by atoms with Crippen LogP contribution in [-0.4, -0.2) is 10.5 Å². The zero-order chi connectivity index (χ0) is 11.7. The van der Waals surface area contributed by atoms with E-state index in [1.165, 1.54) is 5.56 Å². The van der Waals surface area contributed by atoms with Gasteiger partial charge in [0, 0.05) is 11.7 Å². The van der Waals surface area contributed by atoms with E-state index < -0.39 is 0 Å². The van der Waals surface area contributed by atoms with Crippen molar-refractivity contribution >= 4 is 5.82 Å². The highest BCUT2D eigenvalue weighted by molar-refractivity contribution is 5.39. The van der Waals surface area contributed by atoms with Crippen LogP contribution in [0.15, 0.2) is 18.3 Å². The minimum atomic E-state index is 0.0657. The summed E-state index contributed by atoms with van der Waals surface area (Å²) in [6.45, 7) is 13.0. The quantitative estimate of drug-likeness (QED) is 0.759. The monoisotopic (exact) mass is 206 g/mol. The van der Waals surface area contributed by atoms with E-state index in [2.05, 4.69) is 57.9 Å². The maximum atomic E-state index is 4.42. The molecule has 0 aliphatic rings. The van der Waals surface area contributed by atoms with Crippen molar-refractivity contribution in [3.05, 3.63) is 23.9 Å². The molecule has 0 aromatic carbocycles. The van der Waals surface area contributed by atoms with E-state index in [1.54, 1.807) is 0 Å². The fourth-order valence-corrected chi connectivity index (χ4v) is 1.30. The minimum absolute atomic E-state index is 0.0657. The first kappa shape index (κ1) is 12.0. The maximum Gasteiger partial charge on any atom is 0.126 e. The van der Waals surface area contributed by atoms with Crippen molar-refractivity contribution in [3.8, 4) is 0 Å². The predicted molar refractivity (Wildman–Crippen MR) is 66.3 cm³/mol. The van der Waals surface area contributed by atoms with Crippen LogP contribution in [0.4, 0.5) is 5.82 Å². The molecule has 0 atom stereocenters. The Morgan fingerprint density at radius 3 is 1.93 bits per heavy atom. The maximum absolute atomic E-state index is 4.42. The molecule has 1 aromatic rings. The van der Waals surface area contributed by atoms with Crippen LogP contribution in [-0.2, 0) is 5.41 Å². The Balaban J connectivity index is 2.82. The van der Waals surface area contributed by atoms with Crippen LogP contribution in [0.25, 0.3) is 0 Å². The molecule has 0 spiro atoms. The molecule has 0 saturated carbocycles. The predicted octanol–water partition coefficient (Wildman–Crippen LogP) is 3.59. The molecule has 2 heteroatoms. The molecule has 0 bridgehead atoms. The lowest BCUT2D eigenvalue weighted by molar-refractivity contribution is 0.586. The summed E-state index contributed by atoms with van der Waals surface area (Å²) >= 11 is 0. The molecule has 1 N–H and O–H groups in total.